The number of nitrogens with one attached hydrogen (secondary N) is 1. The first-order valence-corrected chi connectivity index (χ1v) is 5.78. The summed E-state index contributed by atoms with van der Waals surface area (Å²) in [5.74, 6) is 0.128. The van der Waals surface area contributed by atoms with E-state index in [2.05, 4.69) is 15.5 Å². The molecule has 0 radical (unpaired) electrons. The van der Waals surface area contributed by atoms with Crippen LogP contribution in [0.1, 0.15) is 11.9 Å². The van der Waals surface area contributed by atoms with Crippen LogP contribution < -0.4 is 11.1 Å². The van der Waals surface area contributed by atoms with E-state index in [1.165, 1.54) is 0 Å². The van der Waals surface area contributed by atoms with Crippen LogP contribution in [0.15, 0.2) is 22.6 Å². The molecule has 0 aliphatic rings. The Kier molecular flexibility index (Phi) is 4.03. The first-order valence-electron chi connectivity index (χ1n) is 5.02. The zero-order valence-corrected chi connectivity index (χ0v) is 10.6. The number of para-hydroxylation sites is 1. The zero-order chi connectivity index (χ0) is 13.1. The topological polar surface area (TPSA) is 97.2 Å². The number of aliphatic hydroxyl groups is 1. The van der Waals surface area contributed by atoms with Crippen LogP contribution in [0.25, 0.3) is 0 Å². The lowest BCUT2D eigenvalue weighted by atomic mass is 10.3. The Balaban J connectivity index is 2.21. The molecule has 0 aliphatic heterocycles. The lowest BCUT2D eigenvalue weighted by molar-refractivity contribution is 0.249. The van der Waals surface area contributed by atoms with Gasteiger partial charge in [0.2, 0.25) is 5.89 Å². The third-order valence-corrected chi connectivity index (χ3v) is 2.78. The molecule has 6 nitrogen and oxygen atoms in total. The highest BCUT2D eigenvalue weighted by molar-refractivity contribution is 6.39. The fraction of sp³-hybridized carbons (Fsp3) is 0.200. The summed E-state index contributed by atoms with van der Waals surface area (Å²) in [6, 6.07) is 4.45. The van der Waals surface area contributed by atoms with Crippen LogP contribution in [0, 0.1) is 0 Å². The van der Waals surface area contributed by atoms with Gasteiger partial charge in [-0.2, -0.15) is 0 Å². The van der Waals surface area contributed by atoms with E-state index in [9.17, 15) is 0 Å². The second-order valence-corrected chi connectivity index (χ2v) is 4.27. The summed E-state index contributed by atoms with van der Waals surface area (Å²) in [7, 11) is 0. The molecule has 2 rings (SSSR count). The van der Waals surface area contributed by atoms with Crippen molar-refractivity contribution in [2.75, 3.05) is 11.9 Å². The summed E-state index contributed by atoms with van der Waals surface area (Å²) >= 11 is 11.9. The lowest BCUT2D eigenvalue weighted by Crippen LogP contribution is -2.14. The minimum atomic E-state index is -0.713. The summed E-state index contributed by atoms with van der Waals surface area (Å²) < 4.78 is 5.21. The van der Waals surface area contributed by atoms with Gasteiger partial charge in [-0.05, 0) is 12.1 Å². The van der Waals surface area contributed by atoms with Crippen molar-refractivity contribution in [3.63, 3.8) is 0 Å². The van der Waals surface area contributed by atoms with Crippen molar-refractivity contribution in [3.05, 3.63) is 34.1 Å². The fourth-order valence-corrected chi connectivity index (χ4v) is 1.73. The Hall–Kier alpha value is -1.34. The number of aliphatic hydroxyl groups excluding tert-OH is 1. The second kappa shape index (κ2) is 5.53. The number of rotatable bonds is 4. The van der Waals surface area contributed by atoms with Crippen LogP contribution in [-0.2, 0) is 0 Å². The largest absolute Gasteiger partial charge is 0.406 e. The molecule has 1 heterocycles. The predicted octanol–water partition coefficient (Wildman–Crippen LogP) is 2.11. The summed E-state index contributed by atoms with van der Waals surface area (Å²) in [5, 5.41) is 19.9. The Morgan fingerprint density at radius 3 is 2.61 bits per heavy atom. The number of hydrogen-bond donors (Lipinski definition) is 3. The van der Waals surface area contributed by atoms with E-state index >= 15 is 0 Å². The highest BCUT2D eigenvalue weighted by Gasteiger charge is 2.15. The smallest absolute Gasteiger partial charge is 0.320 e. The first kappa shape index (κ1) is 13.1. The van der Waals surface area contributed by atoms with E-state index in [1.807, 2.05) is 0 Å². The van der Waals surface area contributed by atoms with Crippen molar-refractivity contribution in [2.24, 2.45) is 5.73 Å². The molecule has 0 amide bonds. The maximum atomic E-state index is 8.86. The molecule has 0 spiro atoms. The Labute approximate surface area is 113 Å². The van der Waals surface area contributed by atoms with Gasteiger partial charge in [0.1, 0.15) is 6.04 Å². The predicted molar refractivity (Wildman–Crippen MR) is 68.1 cm³/mol. The molecular weight excluding hydrogens is 279 g/mol. The molecule has 4 N–H and O–H groups in total. The Morgan fingerprint density at radius 1 is 1.33 bits per heavy atom. The molecule has 96 valence electrons. The summed E-state index contributed by atoms with van der Waals surface area (Å²) in [6.45, 7) is -0.283. The van der Waals surface area contributed by atoms with Crippen LogP contribution in [0.4, 0.5) is 11.7 Å². The number of benzene rings is 1. The normalized spacial score (nSPS) is 12.4. The molecule has 0 saturated heterocycles. The van der Waals surface area contributed by atoms with Crippen molar-refractivity contribution in [3.8, 4) is 0 Å². The van der Waals surface area contributed by atoms with Crippen molar-refractivity contribution < 1.29 is 9.52 Å². The molecule has 0 saturated carbocycles. The molecule has 0 aliphatic carbocycles. The molecule has 8 heteroatoms. The van der Waals surface area contributed by atoms with E-state index in [0.29, 0.717) is 15.7 Å². The number of nitrogens with zero attached hydrogens (tertiary/aromatic N) is 2. The van der Waals surface area contributed by atoms with E-state index in [-0.39, 0.29) is 18.5 Å². The van der Waals surface area contributed by atoms with Crippen molar-refractivity contribution in [1.29, 1.82) is 0 Å². The number of aromatic nitrogens is 2. The maximum absolute atomic E-state index is 8.86. The van der Waals surface area contributed by atoms with Crippen molar-refractivity contribution in [2.45, 2.75) is 6.04 Å². The van der Waals surface area contributed by atoms with E-state index in [4.69, 9.17) is 38.5 Å². The molecule has 0 bridgehead atoms. The van der Waals surface area contributed by atoms with Crippen molar-refractivity contribution >= 4 is 34.9 Å². The standard InChI is InChI=1S/C10H10Cl2N4O2/c11-5-2-1-3-6(12)8(5)14-10-16-15-9(18-10)7(13)4-17/h1-3,7,17H,4,13H2,(H,14,16). The molecular formula is C10H10Cl2N4O2. The molecule has 1 unspecified atom stereocenters. The van der Waals surface area contributed by atoms with Gasteiger partial charge >= 0.3 is 6.01 Å². The second-order valence-electron chi connectivity index (χ2n) is 3.46. The van der Waals surface area contributed by atoms with Crippen LogP contribution >= 0.6 is 23.2 Å². The molecule has 18 heavy (non-hydrogen) atoms. The van der Waals surface area contributed by atoms with Gasteiger partial charge in [-0.25, -0.2) is 0 Å². The van der Waals surface area contributed by atoms with Gasteiger partial charge in [0.25, 0.3) is 0 Å². The number of nitrogens with two attached hydrogens (primary N) is 1. The van der Waals surface area contributed by atoms with Gasteiger partial charge in [-0.3, -0.25) is 0 Å². The molecule has 1 aromatic heterocycles. The SMILES string of the molecule is NC(CO)c1nnc(Nc2c(Cl)cccc2Cl)o1. The quantitative estimate of drug-likeness (QED) is 0.797. The minimum absolute atomic E-state index is 0.101. The first-order chi connectivity index (χ1) is 8.61. The summed E-state index contributed by atoms with van der Waals surface area (Å²) in [4.78, 5) is 0. The lowest BCUT2D eigenvalue weighted by Gasteiger charge is -2.06. The van der Waals surface area contributed by atoms with E-state index < -0.39 is 6.04 Å². The highest BCUT2D eigenvalue weighted by atomic mass is 35.5. The molecule has 1 aromatic carbocycles. The van der Waals surface area contributed by atoms with Gasteiger partial charge in [0.15, 0.2) is 0 Å². The van der Waals surface area contributed by atoms with Crippen LogP contribution in [0.5, 0.6) is 0 Å². The zero-order valence-electron chi connectivity index (χ0n) is 9.10. The molecule has 0 fully saturated rings. The van der Waals surface area contributed by atoms with Crippen LogP contribution in [0.3, 0.4) is 0 Å². The van der Waals surface area contributed by atoms with E-state index in [0.717, 1.165) is 0 Å². The maximum Gasteiger partial charge on any atom is 0.320 e. The van der Waals surface area contributed by atoms with E-state index in [1.54, 1.807) is 18.2 Å². The summed E-state index contributed by atoms with van der Waals surface area (Å²) in [5.41, 5.74) is 6.00. The third kappa shape index (κ3) is 2.73. The van der Waals surface area contributed by atoms with Crippen LogP contribution in [0.2, 0.25) is 10.0 Å². The number of halogens is 2. The Morgan fingerprint density at radius 2 is 2.00 bits per heavy atom. The van der Waals surface area contributed by atoms with Gasteiger partial charge in [-0.1, -0.05) is 34.4 Å². The van der Waals surface area contributed by atoms with Crippen LogP contribution in [-0.4, -0.2) is 21.9 Å². The van der Waals surface area contributed by atoms with Gasteiger partial charge in [-0.15, -0.1) is 5.10 Å². The molecule has 2 aromatic rings. The van der Waals surface area contributed by atoms with Crippen molar-refractivity contribution in [1.82, 2.24) is 10.2 Å². The molecule has 1 atom stereocenters. The Bertz CT molecular complexity index is 526. The monoisotopic (exact) mass is 288 g/mol. The van der Waals surface area contributed by atoms with Gasteiger partial charge < -0.3 is 20.6 Å². The fourth-order valence-electron chi connectivity index (χ4n) is 1.24. The third-order valence-electron chi connectivity index (χ3n) is 2.15. The van der Waals surface area contributed by atoms with Gasteiger partial charge in [0, 0.05) is 0 Å². The number of anilines is 2. The van der Waals surface area contributed by atoms with Gasteiger partial charge in [0.05, 0.1) is 22.3 Å². The highest BCUT2D eigenvalue weighted by Crippen LogP contribution is 2.32. The average Bonchev–Trinajstić information content (AvgIpc) is 2.81. The number of hydrogen-bond acceptors (Lipinski definition) is 6. The average molecular weight is 289 g/mol. The minimum Gasteiger partial charge on any atom is -0.406 e. The summed E-state index contributed by atoms with van der Waals surface area (Å²) in [6.07, 6.45) is 0.